The lowest BCUT2D eigenvalue weighted by atomic mass is 10.1. The van der Waals surface area contributed by atoms with E-state index in [0.29, 0.717) is 22.7 Å². The summed E-state index contributed by atoms with van der Waals surface area (Å²) in [5, 5.41) is 13.5. The molecule has 0 heterocycles. The van der Waals surface area contributed by atoms with Crippen molar-refractivity contribution < 1.29 is 24.0 Å². The Morgan fingerprint density at radius 2 is 1.79 bits per heavy atom. The first-order valence-corrected chi connectivity index (χ1v) is 8.34. The fourth-order valence-corrected chi connectivity index (χ4v) is 2.68. The number of anilines is 1. The summed E-state index contributed by atoms with van der Waals surface area (Å²) in [6.45, 7) is 1.25. The SMILES string of the molecule is COc1cc(/C=C(\C(C)=O)C(=O)Nc2ccc([N+](=O)[O-])cc2)cc(Cl)c1OC. The minimum atomic E-state index is -0.660. The van der Waals surface area contributed by atoms with Crippen LogP contribution >= 0.6 is 11.6 Å². The quantitative estimate of drug-likeness (QED) is 0.247. The number of nitro benzene ring substituents is 1. The van der Waals surface area contributed by atoms with E-state index in [1.165, 1.54) is 57.6 Å². The number of non-ortho nitro benzene ring substituents is 1. The maximum atomic E-state index is 12.5. The summed E-state index contributed by atoms with van der Waals surface area (Å²) in [5.41, 5.74) is 0.543. The van der Waals surface area contributed by atoms with Gasteiger partial charge in [0.2, 0.25) is 0 Å². The number of nitro groups is 1. The van der Waals surface area contributed by atoms with Crippen LogP contribution in [0.2, 0.25) is 5.02 Å². The fourth-order valence-electron chi connectivity index (χ4n) is 2.38. The molecule has 2 aromatic carbocycles. The first-order chi connectivity index (χ1) is 13.3. The van der Waals surface area contributed by atoms with Crippen LogP contribution in [0.3, 0.4) is 0 Å². The molecule has 1 amide bonds. The van der Waals surface area contributed by atoms with Crippen LogP contribution in [0.15, 0.2) is 42.0 Å². The van der Waals surface area contributed by atoms with Crippen molar-refractivity contribution in [1.82, 2.24) is 0 Å². The second-order valence-corrected chi connectivity index (χ2v) is 6.02. The van der Waals surface area contributed by atoms with E-state index in [-0.39, 0.29) is 16.3 Å². The minimum Gasteiger partial charge on any atom is -0.493 e. The topological polar surface area (TPSA) is 108 Å². The summed E-state index contributed by atoms with van der Waals surface area (Å²) >= 11 is 6.15. The number of ketones is 1. The predicted molar refractivity (Wildman–Crippen MR) is 105 cm³/mol. The number of methoxy groups -OCH3 is 2. The monoisotopic (exact) mass is 404 g/mol. The van der Waals surface area contributed by atoms with Crippen LogP contribution in [0, 0.1) is 10.1 Å². The van der Waals surface area contributed by atoms with E-state index in [0.717, 1.165) is 0 Å². The number of hydrogen-bond acceptors (Lipinski definition) is 6. The van der Waals surface area contributed by atoms with E-state index in [1.54, 1.807) is 6.07 Å². The number of halogens is 1. The molecule has 28 heavy (non-hydrogen) atoms. The van der Waals surface area contributed by atoms with Crippen LogP contribution in [0.4, 0.5) is 11.4 Å². The molecule has 0 aliphatic rings. The number of carbonyl (C=O) groups is 2. The van der Waals surface area contributed by atoms with Crippen molar-refractivity contribution in [2.45, 2.75) is 6.92 Å². The van der Waals surface area contributed by atoms with E-state index in [4.69, 9.17) is 21.1 Å². The maximum Gasteiger partial charge on any atom is 0.269 e. The lowest BCUT2D eigenvalue weighted by Crippen LogP contribution is -2.18. The Balaban J connectivity index is 2.34. The normalized spacial score (nSPS) is 10.9. The van der Waals surface area contributed by atoms with Gasteiger partial charge in [0.15, 0.2) is 17.3 Å². The highest BCUT2D eigenvalue weighted by Gasteiger charge is 2.17. The summed E-state index contributed by atoms with van der Waals surface area (Å²) in [7, 11) is 2.88. The van der Waals surface area contributed by atoms with E-state index in [9.17, 15) is 19.7 Å². The molecule has 0 saturated heterocycles. The van der Waals surface area contributed by atoms with Crippen molar-refractivity contribution >= 4 is 40.7 Å². The summed E-state index contributed by atoms with van der Waals surface area (Å²) < 4.78 is 10.4. The number of carbonyl (C=O) groups excluding carboxylic acids is 2. The van der Waals surface area contributed by atoms with Crippen molar-refractivity contribution in [1.29, 1.82) is 0 Å². The van der Waals surface area contributed by atoms with Gasteiger partial charge >= 0.3 is 0 Å². The predicted octanol–water partition coefficient (Wildman–Crippen LogP) is 3.88. The van der Waals surface area contributed by atoms with Crippen LogP contribution in [0.25, 0.3) is 6.08 Å². The maximum absolute atomic E-state index is 12.5. The zero-order valence-corrected chi connectivity index (χ0v) is 16.1. The average Bonchev–Trinajstić information content (AvgIpc) is 2.65. The molecule has 0 saturated carbocycles. The second kappa shape index (κ2) is 9.01. The van der Waals surface area contributed by atoms with Crippen LogP contribution in [0.5, 0.6) is 11.5 Å². The highest BCUT2D eigenvalue weighted by Crippen LogP contribution is 2.36. The largest absolute Gasteiger partial charge is 0.493 e. The van der Waals surface area contributed by atoms with Gasteiger partial charge in [0, 0.05) is 17.8 Å². The standard InChI is InChI=1S/C19H17ClN2O6/c1-11(23)15(8-12-9-16(20)18(28-3)17(10-12)27-2)19(24)21-13-4-6-14(7-5-13)22(25)26/h4-10H,1-3H3,(H,21,24)/b15-8+. The van der Waals surface area contributed by atoms with Crippen LogP contribution in [-0.2, 0) is 9.59 Å². The van der Waals surface area contributed by atoms with Gasteiger partial charge in [-0.05, 0) is 42.8 Å². The molecule has 9 heteroatoms. The summed E-state index contributed by atoms with van der Waals surface area (Å²) in [4.78, 5) is 34.6. The molecule has 0 unspecified atom stereocenters. The molecule has 0 radical (unpaired) electrons. The summed E-state index contributed by atoms with van der Waals surface area (Å²) in [5.74, 6) is -0.446. The highest BCUT2D eigenvalue weighted by molar-refractivity contribution is 6.32. The Bertz CT molecular complexity index is 954. The Morgan fingerprint density at radius 1 is 1.14 bits per heavy atom. The zero-order chi connectivity index (χ0) is 20.8. The number of nitrogens with one attached hydrogen (secondary N) is 1. The molecule has 0 spiro atoms. The van der Waals surface area contributed by atoms with Gasteiger partial charge in [-0.3, -0.25) is 19.7 Å². The van der Waals surface area contributed by atoms with E-state index >= 15 is 0 Å². The number of ether oxygens (including phenoxy) is 2. The molecule has 0 aromatic heterocycles. The third-order valence-electron chi connectivity index (χ3n) is 3.73. The Labute approximate surface area is 165 Å². The van der Waals surface area contributed by atoms with Crippen molar-refractivity contribution in [2.24, 2.45) is 0 Å². The lowest BCUT2D eigenvalue weighted by molar-refractivity contribution is -0.384. The zero-order valence-electron chi connectivity index (χ0n) is 15.3. The van der Waals surface area contributed by atoms with Crippen LogP contribution in [0.1, 0.15) is 12.5 Å². The molecule has 146 valence electrons. The first-order valence-electron chi connectivity index (χ1n) is 7.96. The van der Waals surface area contributed by atoms with Crippen LogP contribution < -0.4 is 14.8 Å². The van der Waals surface area contributed by atoms with Gasteiger partial charge in [-0.15, -0.1) is 0 Å². The first kappa shape index (κ1) is 20.9. The van der Waals surface area contributed by atoms with Crippen molar-refractivity contribution in [3.05, 3.63) is 62.7 Å². The molecular weight excluding hydrogens is 388 g/mol. The number of amides is 1. The molecular formula is C19H17ClN2O6. The smallest absolute Gasteiger partial charge is 0.269 e. The van der Waals surface area contributed by atoms with Crippen molar-refractivity contribution in [3.63, 3.8) is 0 Å². The van der Waals surface area contributed by atoms with Gasteiger partial charge in [-0.2, -0.15) is 0 Å². The van der Waals surface area contributed by atoms with E-state index in [2.05, 4.69) is 5.32 Å². The molecule has 0 aliphatic carbocycles. The van der Waals surface area contributed by atoms with E-state index in [1.807, 2.05) is 0 Å². The average molecular weight is 405 g/mol. The number of Topliss-reactive ketones (excluding diaryl/α,β-unsaturated/α-hetero) is 1. The van der Waals surface area contributed by atoms with E-state index < -0.39 is 16.6 Å². The third kappa shape index (κ3) is 4.86. The second-order valence-electron chi connectivity index (χ2n) is 5.61. The number of hydrogen-bond donors (Lipinski definition) is 1. The molecule has 0 fully saturated rings. The third-order valence-corrected chi connectivity index (χ3v) is 4.01. The molecule has 0 bridgehead atoms. The van der Waals surface area contributed by atoms with Gasteiger partial charge in [0.1, 0.15) is 0 Å². The molecule has 2 rings (SSSR count). The number of rotatable bonds is 7. The minimum absolute atomic E-state index is 0.111. The summed E-state index contributed by atoms with van der Waals surface area (Å²) in [6, 6.07) is 8.36. The number of nitrogens with zero attached hydrogens (tertiary/aromatic N) is 1. The Kier molecular flexibility index (Phi) is 6.73. The molecule has 8 nitrogen and oxygen atoms in total. The van der Waals surface area contributed by atoms with Crippen molar-refractivity contribution in [2.75, 3.05) is 19.5 Å². The van der Waals surface area contributed by atoms with Gasteiger partial charge < -0.3 is 14.8 Å². The molecule has 1 N–H and O–H groups in total. The van der Waals surface area contributed by atoms with Crippen LogP contribution in [-0.4, -0.2) is 30.8 Å². The fraction of sp³-hybridized carbons (Fsp3) is 0.158. The van der Waals surface area contributed by atoms with Gasteiger partial charge in [0.05, 0.1) is 29.7 Å². The lowest BCUT2D eigenvalue weighted by Gasteiger charge is -2.11. The molecule has 0 atom stereocenters. The van der Waals surface area contributed by atoms with Gasteiger partial charge in [0.25, 0.3) is 11.6 Å². The number of benzene rings is 2. The Morgan fingerprint density at radius 3 is 2.29 bits per heavy atom. The van der Waals surface area contributed by atoms with Gasteiger partial charge in [-0.1, -0.05) is 11.6 Å². The highest BCUT2D eigenvalue weighted by atomic mass is 35.5. The summed E-state index contributed by atoms with van der Waals surface area (Å²) in [6.07, 6.45) is 1.37. The van der Waals surface area contributed by atoms with Gasteiger partial charge in [-0.25, -0.2) is 0 Å². The molecule has 0 aliphatic heterocycles. The Hall–Kier alpha value is -3.39. The van der Waals surface area contributed by atoms with Crippen molar-refractivity contribution in [3.8, 4) is 11.5 Å². The molecule has 2 aromatic rings.